The molecule has 0 fully saturated rings. The van der Waals surface area contributed by atoms with Crippen LogP contribution in [0.15, 0.2) is 22.7 Å². The number of nitrogens with zero attached hydrogens (tertiary/aromatic N) is 3. The largest absolute Gasteiger partial charge is 0.467 e. The minimum Gasteiger partial charge on any atom is -0.467 e. The Labute approximate surface area is 123 Å². The standard InChI is InChI=1S/C11H11BrClN5O/c1-14-9-16-10(18-11(17-9)19-2)15-7-5-3-4-6(13)8(7)12/h3-5H,1-2H3,(H2,14,15,16,17,18). The third-order valence-corrected chi connectivity index (χ3v) is 3.62. The number of methoxy groups -OCH3 is 1. The Morgan fingerprint density at radius 2 is 1.95 bits per heavy atom. The van der Waals surface area contributed by atoms with Crippen molar-refractivity contribution in [3.63, 3.8) is 0 Å². The maximum atomic E-state index is 6.02. The highest BCUT2D eigenvalue weighted by Crippen LogP contribution is 2.31. The minimum absolute atomic E-state index is 0.222. The number of hydrogen-bond donors (Lipinski definition) is 2. The Kier molecular flexibility index (Phi) is 4.39. The quantitative estimate of drug-likeness (QED) is 0.888. The first-order chi connectivity index (χ1) is 9.13. The Balaban J connectivity index is 2.34. The molecule has 2 rings (SSSR count). The van der Waals surface area contributed by atoms with Gasteiger partial charge in [-0.05, 0) is 28.1 Å². The highest BCUT2D eigenvalue weighted by molar-refractivity contribution is 9.10. The molecule has 6 nitrogen and oxygen atoms in total. The zero-order chi connectivity index (χ0) is 13.8. The summed E-state index contributed by atoms with van der Waals surface area (Å²) in [6, 6.07) is 5.68. The Morgan fingerprint density at radius 3 is 2.63 bits per heavy atom. The lowest BCUT2D eigenvalue weighted by Crippen LogP contribution is -2.05. The van der Waals surface area contributed by atoms with E-state index in [-0.39, 0.29) is 6.01 Å². The maximum Gasteiger partial charge on any atom is 0.322 e. The highest BCUT2D eigenvalue weighted by atomic mass is 79.9. The number of ether oxygens (including phenoxy) is 1. The molecule has 1 aromatic carbocycles. The van der Waals surface area contributed by atoms with Crippen molar-refractivity contribution in [2.75, 3.05) is 24.8 Å². The van der Waals surface area contributed by atoms with Crippen LogP contribution in [-0.2, 0) is 0 Å². The van der Waals surface area contributed by atoms with E-state index in [0.29, 0.717) is 16.9 Å². The molecular weight excluding hydrogens is 334 g/mol. The molecule has 100 valence electrons. The van der Waals surface area contributed by atoms with Crippen LogP contribution in [-0.4, -0.2) is 29.1 Å². The van der Waals surface area contributed by atoms with Crippen molar-refractivity contribution in [3.05, 3.63) is 27.7 Å². The predicted octanol–water partition coefficient (Wildman–Crippen LogP) is 3.08. The first-order valence-electron chi connectivity index (χ1n) is 5.33. The van der Waals surface area contributed by atoms with Crippen molar-refractivity contribution >= 4 is 45.1 Å². The molecule has 0 saturated heterocycles. The molecule has 1 heterocycles. The summed E-state index contributed by atoms with van der Waals surface area (Å²) in [5.41, 5.74) is 0.753. The fourth-order valence-electron chi connectivity index (χ4n) is 1.34. The molecule has 0 aliphatic rings. The Hall–Kier alpha value is -1.60. The second kappa shape index (κ2) is 6.03. The van der Waals surface area contributed by atoms with Crippen LogP contribution in [0.4, 0.5) is 17.6 Å². The van der Waals surface area contributed by atoms with Crippen molar-refractivity contribution in [2.45, 2.75) is 0 Å². The SMILES string of the molecule is CNc1nc(Nc2cccc(Cl)c2Br)nc(OC)n1. The number of hydrogen-bond acceptors (Lipinski definition) is 6. The van der Waals surface area contributed by atoms with E-state index < -0.39 is 0 Å². The van der Waals surface area contributed by atoms with Crippen LogP contribution in [0.1, 0.15) is 0 Å². The van der Waals surface area contributed by atoms with E-state index in [0.717, 1.165) is 10.2 Å². The van der Waals surface area contributed by atoms with Gasteiger partial charge >= 0.3 is 6.01 Å². The van der Waals surface area contributed by atoms with Crippen LogP contribution < -0.4 is 15.4 Å². The number of halogens is 2. The fraction of sp³-hybridized carbons (Fsp3) is 0.182. The zero-order valence-electron chi connectivity index (χ0n) is 10.2. The highest BCUT2D eigenvalue weighted by Gasteiger charge is 2.09. The van der Waals surface area contributed by atoms with E-state index in [1.807, 2.05) is 12.1 Å². The summed E-state index contributed by atoms with van der Waals surface area (Å²) in [6.07, 6.45) is 0. The molecule has 0 unspecified atom stereocenters. The summed E-state index contributed by atoms with van der Waals surface area (Å²) < 4.78 is 5.75. The monoisotopic (exact) mass is 343 g/mol. The molecule has 0 aliphatic carbocycles. The molecule has 0 amide bonds. The van der Waals surface area contributed by atoms with Gasteiger partial charge in [0, 0.05) is 7.05 Å². The van der Waals surface area contributed by atoms with Gasteiger partial charge in [-0.3, -0.25) is 0 Å². The van der Waals surface area contributed by atoms with Crippen molar-refractivity contribution < 1.29 is 4.74 Å². The van der Waals surface area contributed by atoms with E-state index in [4.69, 9.17) is 16.3 Å². The molecular formula is C11H11BrClN5O. The van der Waals surface area contributed by atoms with Gasteiger partial charge in [0.2, 0.25) is 11.9 Å². The van der Waals surface area contributed by atoms with Crippen LogP contribution >= 0.6 is 27.5 Å². The van der Waals surface area contributed by atoms with Gasteiger partial charge < -0.3 is 15.4 Å². The third-order valence-electron chi connectivity index (χ3n) is 2.22. The maximum absolute atomic E-state index is 6.02. The summed E-state index contributed by atoms with van der Waals surface area (Å²) in [4.78, 5) is 12.3. The molecule has 2 aromatic rings. The molecule has 0 radical (unpaired) electrons. The van der Waals surface area contributed by atoms with Crippen LogP contribution in [0.2, 0.25) is 5.02 Å². The van der Waals surface area contributed by atoms with Crippen molar-refractivity contribution in [2.24, 2.45) is 0 Å². The third kappa shape index (κ3) is 3.24. The normalized spacial score (nSPS) is 10.1. The molecule has 8 heteroatoms. The van der Waals surface area contributed by atoms with Crippen molar-refractivity contribution in [1.29, 1.82) is 0 Å². The van der Waals surface area contributed by atoms with E-state index in [9.17, 15) is 0 Å². The fourth-order valence-corrected chi connectivity index (χ4v) is 1.87. The van der Waals surface area contributed by atoms with Gasteiger partial charge in [0.1, 0.15) is 0 Å². The molecule has 2 N–H and O–H groups in total. The number of anilines is 3. The lowest BCUT2D eigenvalue weighted by molar-refractivity contribution is 0.379. The molecule has 0 spiro atoms. The molecule has 0 aliphatic heterocycles. The molecule has 19 heavy (non-hydrogen) atoms. The van der Waals surface area contributed by atoms with Crippen LogP contribution in [0, 0.1) is 0 Å². The molecule has 0 bridgehead atoms. The van der Waals surface area contributed by atoms with Crippen molar-refractivity contribution in [3.8, 4) is 6.01 Å². The second-order valence-electron chi connectivity index (χ2n) is 3.45. The summed E-state index contributed by atoms with van der Waals surface area (Å²) in [5.74, 6) is 0.770. The number of aromatic nitrogens is 3. The first-order valence-corrected chi connectivity index (χ1v) is 6.50. The Morgan fingerprint density at radius 1 is 1.21 bits per heavy atom. The lowest BCUT2D eigenvalue weighted by Gasteiger charge is -2.09. The number of rotatable bonds is 4. The topological polar surface area (TPSA) is 72.0 Å². The number of nitrogens with one attached hydrogen (secondary N) is 2. The van der Waals surface area contributed by atoms with E-state index in [1.165, 1.54) is 7.11 Å². The average molecular weight is 345 g/mol. The van der Waals surface area contributed by atoms with E-state index in [2.05, 4.69) is 41.5 Å². The summed E-state index contributed by atoms with van der Waals surface area (Å²) >= 11 is 9.42. The van der Waals surface area contributed by atoms with Gasteiger partial charge in [-0.2, -0.15) is 15.0 Å². The lowest BCUT2D eigenvalue weighted by atomic mass is 10.3. The second-order valence-corrected chi connectivity index (χ2v) is 4.65. The van der Waals surface area contributed by atoms with Gasteiger partial charge in [-0.25, -0.2) is 0 Å². The summed E-state index contributed by atoms with van der Waals surface area (Å²) in [7, 11) is 3.21. The summed E-state index contributed by atoms with van der Waals surface area (Å²) in [5, 5.41) is 6.48. The minimum atomic E-state index is 0.222. The predicted molar refractivity (Wildman–Crippen MR) is 78.4 cm³/mol. The molecule has 0 saturated carbocycles. The molecule has 0 atom stereocenters. The van der Waals surface area contributed by atoms with Gasteiger partial charge in [0.05, 0.1) is 22.3 Å². The van der Waals surface area contributed by atoms with Crippen LogP contribution in [0.3, 0.4) is 0 Å². The molecule has 1 aromatic heterocycles. The van der Waals surface area contributed by atoms with Gasteiger partial charge in [-0.1, -0.05) is 17.7 Å². The zero-order valence-corrected chi connectivity index (χ0v) is 12.6. The van der Waals surface area contributed by atoms with E-state index >= 15 is 0 Å². The first kappa shape index (κ1) is 13.8. The van der Waals surface area contributed by atoms with Crippen molar-refractivity contribution in [1.82, 2.24) is 15.0 Å². The van der Waals surface area contributed by atoms with Gasteiger partial charge in [-0.15, -0.1) is 0 Å². The van der Waals surface area contributed by atoms with Crippen LogP contribution in [0.25, 0.3) is 0 Å². The van der Waals surface area contributed by atoms with Crippen LogP contribution in [0.5, 0.6) is 6.01 Å². The van der Waals surface area contributed by atoms with E-state index in [1.54, 1.807) is 13.1 Å². The summed E-state index contributed by atoms with van der Waals surface area (Å²) in [6.45, 7) is 0. The van der Waals surface area contributed by atoms with Gasteiger partial charge in [0.25, 0.3) is 0 Å². The number of benzene rings is 1. The Bertz CT molecular complexity index is 573. The smallest absolute Gasteiger partial charge is 0.322 e. The van der Waals surface area contributed by atoms with Gasteiger partial charge in [0.15, 0.2) is 0 Å². The average Bonchev–Trinajstić information content (AvgIpc) is 2.43.